The van der Waals surface area contributed by atoms with Crippen molar-refractivity contribution in [1.29, 1.82) is 0 Å². The van der Waals surface area contributed by atoms with Gasteiger partial charge in [-0.15, -0.1) is 0 Å². The lowest BCUT2D eigenvalue weighted by atomic mass is 10.1. The topological polar surface area (TPSA) is 28.7 Å². The smallest absolute Gasteiger partial charge is 0.138 e. The maximum atomic E-state index is 4.25. The van der Waals surface area contributed by atoms with E-state index in [2.05, 4.69) is 34.8 Å². The summed E-state index contributed by atoms with van der Waals surface area (Å²) in [5.74, 6) is 6.44. The van der Waals surface area contributed by atoms with Gasteiger partial charge in [-0.1, -0.05) is 57.7 Å². The van der Waals surface area contributed by atoms with Gasteiger partial charge in [0.25, 0.3) is 0 Å². The monoisotopic (exact) mass is 292 g/mol. The Labute approximate surface area is 133 Å². The predicted octanol–water partition coefficient (Wildman–Crippen LogP) is 5.32. The van der Waals surface area contributed by atoms with E-state index in [0.29, 0.717) is 0 Å². The lowest BCUT2D eigenvalue weighted by Gasteiger charge is -1.96. The van der Waals surface area contributed by atoms with Crippen LogP contribution in [0.2, 0.25) is 0 Å². The van der Waals surface area contributed by atoms with E-state index < -0.39 is 0 Å². The molecule has 114 valence electrons. The van der Waals surface area contributed by atoms with Gasteiger partial charge in [0.15, 0.2) is 0 Å². The molecule has 1 aromatic carbocycles. The molecule has 0 saturated carbocycles. The molecule has 0 aliphatic heterocycles. The van der Waals surface area contributed by atoms with E-state index in [4.69, 9.17) is 0 Å². The molecule has 0 bridgehead atoms. The van der Waals surface area contributed by atoms with Crippen molar-refractivity contribution in [2.24, 2.45) is 0 Å². The second kappa shape index (κ2) is 9.41. The quantitative estimate of drug-likeness (QED) is 0.558. The number of aryl methyl sites for hydroxylation is 1. The molecule has 2 aromatic heterocycles. The van der Waals surface area contributed by atoms with Crippen LogP contribution in [0.4, 0.5) is 0 Å². The minimum absolute atomic E-state index is 0.881. The average Bonchev–Trinajstić information content (AvgIpc) is 3.07. The molecule has 0 saturated heterocycles. The van der Waals surface area contributed by atoms with Crippen molar-refractivity contribution in [3.63, 3.8) is 0 Å². The van der Waals surface area contributed by atoms with Gasteiger partial charge in [-0.3, -0.25) is 0 Å². The van der Waals surface area contributed by atoms with Gasteiger partial charge in [-0.25, -0.2) is 4.98 Å². The van der Waals surface area contributed by atoms with Crippen LogP contribution in [0.25, 0.3) is 11.0 Å². The van der Waals surface area contributed by atoms with Crippen LogP contribution in [-0.2, 0) is 0 Å². The Bertz CT molecular complexity index is 758. The molecule has 0 fully saturated rings. The van der Waals surface area contributed by atoms with Crippen LogP contribution in [0.5, 0.6) is 0 Å². The van der Waals surface area contributed by atoms with Crippen LogP contribution in [0.3, 0.4) is 0 Å². The number of pyridine rings is 1. The van der Waals surface area contributed by atoms with Crippen molar-refractivity contribution < 1.29 is 0 Å². The van der Waals surface area contributed by atoms with E-state index in [9.17, 15) is 0 Å². The van der Waals surface area contributed by atoms with E-state index in [1.807, 2.05) is 64.2 Å². The van der Waals surface area contributed by atoms with E-state index >= 15 is 0 Å². The highest BCUT2D eigenvalue weighted by molar-refractivity contribution is 5.82. The van der Waals surface area contributed by atoms with Gasteiger partial charge >= 0.3 is 0 Å². The lowest BCUT2D eigenvalue weighted by Crippen LogP contribution is -1.82. The number of nitrogens with zero attached hydrogens (tertiary/aromatic N) is 1. The number of hydrogen-bond acceptors (Lipinski definition) is 1. The van der Waals surface area contributed by atoms with Crippen molar-refractivity contribution >= 4 is 11.0 Å². The molecule has 1 N–H and O–H groups in total. The molecule has 3 aromatic rings. The lowest BCUT2D eigenvalue weighted by molar-refractivity contribution is 1.32. The van der Waals surface area contributed by atoms with Crippen molar-refractivity contribution in [3.8, 4) is 11.8 Å². The Balaban J connectivity index is 0.000000561. The van der Waals surface area contributed by atoms with Crippen LogP contribution < -0.4 is 0 Å². The normalized spacial score (nSPS) is 8.77. The van der Waals surface area contributed by atoms with Crippen molar-refractivity contribution in [1.82, 2.24) is 9.97 Å². The average molecular weight is 292 g/mol. The summed E-state index contributed by atoms with van der Waals surface area (Å²) < 4.78 is 0. The van der Waals surface area contributed by atoms with Crippen molar-refractivity contribution in [2.75, 3.05) is 0 Å². The first-order valence-corrected chi connectivity index (χ1v) is 7.84. The van der Waals surface area contributed by atoms with E-state index in [1.54, 1.807) is 6.20 Å². The number of H-pyrrole nitrogens is 1. The largest absolute Gasteiger partial charge is 0.346 e. The van der Waals surface area contributed by atoms with E-state index in [-0.39, 0.29) is 0 Å². The number of aromatic amines is 1. The molecule has 2 nitrogen and oxygen atoms in total. The number of fused-ring (bicyclic) bond motifs is 1. The van der Waals surface area contributed by atoms with Crippen LogP contribution in [-0.4, -0.2) is 9.97 Å². The third kappa shape index (κ3) is 4.23. The van der Waals surface area contributed by atoms with Gasteiger partial charge in [-0.2, -0.15) is 0 Å². The molecular weight excluding hydrogens is 268 g/mol. The van der Waals surface area contributed by atoms with Crippen molar-refractivity contribution in [3.05, 3.63) is 65.5 Å². The molecule has 3 rings (SSSR count). The molecule has 0 amide bonds. The van der Waals surface area contributed by atoms with Gasteiger partial charge < -0.3 is 4.98 Å². The Morgan fingerprint density at radius 3 is 2.27 bits per heavy atom. The standard InChI is InChI=1S/C16H12N2.2C2H6/c1-12-4-2-3-5-13(12)6-7-14-8-10-17-16-15(14)9-11-18-16;2*1-2/h2-5,8-11H,1H3,(H,17,18);2*1-2H3. The summed E-state index contributed by atoms with van der Waals surface area (Å²) in [6.07, 6.45) is 3.66. The first-order chi connectivity index (χ1) is 10.8. The molecule has 0 atom stereocenters. The summed E-state index contributed by atoms with van der Waals surface area (Å²) in [5.41, 5.74) is 4.15. The molecule has 0 aliphatic rings. The first kappa shape index (κ1) is 17.5. The zero-order chi connectivity index (χ0) is 16.4. The molecule has 0 unspecified atom stereocenters. The first-order valence-electron chi connectivity index (χ1n) is 7.84. The zero-order valence-electron chi connectivity index (χ0n) is 14.1. The van der Waals surface area contributed by atoms with Crippen LogP contribution in [0.15, 0.2) is 48.8 Å². The van der Waals surface area contributed by atoms with Crippen LogP contribution in [0, 0.1) is 18.8 Å². The minimum atomic E-state index is 0.881. The third-order valence-corrected chi connectivity index (χ3v) is 2.94. The van der Waals surface area contributed by atoms with Gasteiger partial charge in [0.05, 0.1) is 0 Å². The molecule has 0 aliphatic carbocycles. The summed E-state index contributed by atoms with van der Waals surface area (Å²) >= 11 is 0. The third-order valence-electron chi connectivity index (χ3n) is 2.94. The highest BCUT2D eigenvalue weighted by Gasteiger charge is 1.99. The second-order valence-electron chi connectivity index (χ2n) is 4.16. The number of hydrogen-bond donors (Lipinski definition) is 1. The zero-order valence-corrected chi connectivity index (χ0v) is 14.1. The molecule has 2 heterocycles. The second-order valence-corrected chi connectivity index (χ2v) is 4.16. The van der Waals surface area contributed by atoms with Gasteiger partial charge in [0.2, 0.25) is 0 Å². The van der Waals surface area contributed by atoms with Crippen LogP contribution >= 0.6 is 0 Å². The van der Waals surface area contributed by atoms with Gasteiger partial charge in [0, 0.05) is 28.9 Å². The Morgan fingerprint density at radius 2 is 1.55 bits per heavy atom. The summed E-state index contributed by atoms with van der Waals surface area (Å²) in [4.78, 5) is 7.34. The molecule has 22 heavy (non-hydrogen) atoms. The maximum absolute atomic E-state index is 4.25. The summed E-state index contributed by atoms with van der Waals surface area (Å²) in [5, 5.41) is 1.07. The Morgan fingerprint density at radius 1 is 0.864 bits per heavy atom. The molecule has 0 radical (unpaired) electrons. The fourth-order valence-electron chi connectivity index (χ4n) is 1.92. The van der Waals surface area contributed by atoms with Gasteiger partial charge in [-0.05, 0) is 30.7 Å². The van der Waals surface area contributed by atoms with E-state index in [1.165, 1.54) is 5.56 Å². The number of rotatable bonds is 0. The number of aromatic nitrogens is 2. The minimum Gasteiger partial charge on any atom is -0.346 e. The predicted molar refractivity (Wildman–Crippen MR) is 95.9 cm³/mol. The SMILES string of the molecule is CC.CC.Cc1ccccc1C#Cc1ccnc2[nH]ccc12. The molecule has 0 spiro atoms. The van der Waals surface area contributed by atoms with Crippen molar-refractivity contribution in [2.45, 2.75) is 34.6 Å². The summed E-state index contributed by atoms with van der Waals surface area (Å²) in [7, 11) is 0. The molecular formula is C20H24N2. The number of benzene rings is 1. The van der Waals surface area contributed by atoms with Gasteiger partial charge in [0.1, 0.15) is 5.65 Å². The summed E-state index contributed by atoms with van der Waals surface area (Å²) in [6, 6.07) is 12.1. The molecule has 2 heteroatoms. The fraction of sp³-hybridized carbons (Fsp3) is 0.250. The summed E-state index contributed by atoms with van der Waals surface area (Å²) in [6.45, 7) is 10.1. The highest BCUT2D eigenvalue weighted by Crippen LogP contribution is 2.14. The fourth-order valence-corrected chi connectivity index (χ4v) is 1.92. The Kier molecular flexibility index (Phi) is 7.50. The highest BCUT2D eigenvalue weighted by atomic mass is 14.8. The van der Waals surface area contributed by atoms with Crippen LogP contribution in [0.1, 0.15) is 44.4 Å². The van der Waals surface area contributed by atoms with E-state index in [0.717, 1.165) is 22.2 Å². The maximum Gasteiger partial charge on any atom is 0.138 e. The number of nitrogens with one attached hydrogen (secondary N) is 1. The Hall–Kier alpha value is -2.53.